The Morgan fingerprint density at radius 1 is 1.48 bits per heavy atom. The minimum Gasteiger partial charge on any atom is -0.489 e. The predicted molar refractivity (Wildman–Crippen MR) is 82.5 cm³/mol. The highest BCUT2D eigenvalue weighted by Gasteiger charge is 2.45. The molecule has 1 amide bonds. The van der Waals surface area contributed by atoms with Crippen molar-refractivity contribution in [3.63, 3.8) is 0 Å². The van der Waals surface area contributed by atoms with Gasteiger partial charge >= 0.3 is 0 Å². The number of hydrogen-bond acceptors (Lipinski definition) is 5. The van der Waals surface area contributed by atoms with Crippen LogP contribution in [0.25, 0.3) is 0 Å². The smallest absolute Gasteiger partial charge is 0.270 e. The summed E-state index contributed by atoms with van der Waals surface area (Å²) in [5.41, 5.74) is 1.46. The lowest BCUT2D eigenvalue weighted by atomic mass is 9.82. The molecule has 0 bridgehead atoms. The topological polar surface area (TPSA) is 64.1 Å². The number of rotatable bonds is 5. The molecule has 2 aromatic heterocycles. The number of thiazole rings is 1. The maximum atomic E-state index is 12.8. The summed E-state index contributed by atoms with van der Waals surface area (Å²) in [5.74, 6) is -2.67. The molecule has 2 aromatic rings. The number of pyridine rings is 1. The SMILES string of the molecule is O=C(Nc1ncccc1OCC1CC(F)(F)C1)c1scnc1Cl. The summed E-state index contributed by atoms with van der Waals surface area (Å²) in [5, 5.41) is 2.71. The normalized spacial score (nSPS) is 16.7. The summed E-state index contributed by atoms with van der Waals surface area (Å²) in [7, 11) is 0. The van der Waals surface area contributed by atoms with E-state index in [2.05, 4.69) is 15.3 Å². The van der Waals surface area contributed by atoms with Crippen LogP contribution in [-0.4, -0.2) is 28.4 Å². The summed E-state index contributed by atoms with van der Waals surface area (Å²) < 4.78 is 31.2. The van der Waals surface area contributed by atoms with Crippen LogP contribution in [0.4, 0.5) is 14.6 Å². The van der Waals surface area contributed by atoms with E-state index in [1.807, 2.05) is 0 Å². The summed E-state index contributed by atoms with van der Waals surface area (Å²) in [4.78, 5) is 20.2. The van der Waals surface area contributed by atoms with Crippen molar-refractivity contribution in [3.05, 3.63) is 33.9 Å². The molecular weight excluding hydrogens is 348 g/mol. The van der Waals surface area contributed by atoms with E-state index in [0.717, 1.165) is 11.3 Å². The molecule has 0 unspecified atom stereocenters. The van der Waals surface area contributed by atoms with E-state index in [-0.39, 0.29) is 41.2 Å². The number of nitrogens with one attached hydrogen (secondary N) is 1. The Labute approximate surface area is 139 Å². The third-order valence-corrected chi connectivity index (χ3v) is 4.61. The van der Waals surface area contributed by atoms with Crippen LogP contribution in [0, 0.1) is 5.92 Å². The van der Waals surface area contributed by atoms with Crippen molar-refractivity contribution < 1.29 is 18.3 Å². The molecule has 1 aliphatic rings. The second kappa shape index (κ2) is 6.37. The lowest BCUT2D eigenvalue weighted by Gasteiger charge is -2.34. The van der Waals surface area contributed by atoms with E-state index in [4.69, 9.17) is 16.3 Å². The van der Waals surface area contributed by atoms with Crippen LogP contribution in [0.15, 0.2) is 23.8 Å². The summed E-state index contributed by atoms with van der Waals surface area (Å²) >= 11 is 6.92. The average molecular weight is 360 g/mol. The Kier molecular flexibility index (Phi) is 4.45. The van der Waals surface area contributed by atoms with Gasteiger partial charge in [-0.05, 0) is 12.1 Å². The third kappa shape index (κ3) is 3.76. The van der Waals surface area contributed by atoms with E-state index in [0.29, 0.717) is 5.75 Å². The molecule has 23 heavy (non-hydrogen) atoms. The number of carbonyl (C=O) groups excluding carboxylic acids is 1. The van der Waals surface area contributed by atoms with Crippen LogP contribution in [-0.2, 0) is 0 Å². The first-order chi connectivity index (χ1) is 10.9. The summed E-state index contributed by atoms with van der Waals surface area (Å²) in [6, 6.07) is 3.26. The number of amides is 1. The van der Waals surface area contributed by atoms with Crippen molar-refractivity contribution in [1.29, 1.82) is 0 Å². The van der Waals surface area contributed by atoms with Crippen LogP contribution in [0.1, 0.15) is 22.5 Å². The van der Waals surface area contributed by atoms with Gasteiger partial charge < -0.3 is 10.1 Å². The first-order valence-electron chi connectivity index (χ1n) is 6.80. The van der Waals surface area contributed by atoms with Crippen molar-refractivity contribution in [2.24, 2.45) is 5.92 Å². The Balaban J connectivity index is 1.64. The van der Waals surface area contributed by atoms with Crippen molar-refractivity contribution in [2.75, 3.05) is 11.9 Å². The number of aromatic nitrogens is 2. The second-order valence-electron chi connectivity index (χ2n) is 5.22. The highest BCUT2D eigenvalue weighted by molar-refractivity contribution is 7.12. The molecule has 0 radical (unpaired) electrons. The Hall–Kier alpha value is -1.80. The largest absolute Gasteiger partial charge is 0.489 e. The van der Waals surface area contributed by atoms with Crippen LogP contribution < -0.4 is 10.1 Å². The van der Waals surface area contributed by atoms with Crippen LogP contribution in [0.5, 0.6) is 5.75 Å². The maximum Gasteiger partial charge on any atom is 0.270 e. The van der Waals surface area contributed by atoms with Gasteiger partial charge in [-0.1, -0.05) is 11.6 Å². The standard InChI is InChI=1S/C14H12ClF2N3O2S/c15-11-10(23-7-19-11)13(21)20-12-9(2-1-3-18-12)22-6-8-4-14(16,17)5-8/h1-3,7-8H,4-6H2,(H,18,20,21). The van der Waals surface area contributed by atoms with Crippen LogP contribution in [0.3, 0.4) is 0 Å². The molecule has 0 saturated heterocycles. The molecule has 1 fully saturated rings. The molecule has 0 aromatic carbocycles. The van der Waals surface area contributed by atoms with E-state index < -0.39 is 11.8 Å². The quantitative estimate of drug-likeness (QED) is 0.880. The molecule has 3 rings (SSSR count). The molecule has 0 atom stereocenters. The molecule has 9 heteroatoms. The first kappa shape index (κ1) is 16.1. The van der Waals surface area contributed by atoms with Gasteiger partial charge in [0.1, 0.15) is 4.88 Å². The zero-order chi connectivity index (χ0) is 16.4. The van der Waals surface area contributed by atoms with E-state index >= 15 is 0 Å². The zero-order valence-electron chi connectivity index (χ0n) is 11.8. The van der Waals surface area contributed by atoms with Crippen LogP contribution in [0.2, 0.25) is 5.15 Å². The lowest BCUT2D eigenvalue weighted by molar-refractivity contribution is -0.119. The minimum absolute atomic E-state index is 0.114. The van der Waals surface area contributed by atoms with Gasteiger partial charge in [0, 0.05) is 25.0 Å². The van der Waals surface area contributed by atoms with Gasteiger partial charge in [0.15, 0.2) is 16.7 Å². The van der Waals surface area contributed by atoms with Crippen molar-refractivity contribution in [1.82, 2.24) is 9.97 Å². The molecule has 1 saturated carbocycles. The highest BCUT2D eigenvalue weighted by Crippen LogP contribution is 2.42. The molecule has 0 aliphatic heterocycles. The summed E-state index contributed by atoms with van der Waals surface area (Å²) in [6.45, 7) is 0.158. The van der Waals surface area contributed by atoms with Gasteiger partial charge in [-0.25, -0.2) is 18.7 Å². The second-order valence-corrected chi connectivity index (χ2v) is 6.43. The number of hydrogen-bond donors (Lipinski definition) is 1. The van der Waals surface area contributed by atoms with Gasteiger partial charge in [-0.15, -0.1) is 11.3 Å². The number of carbonyl (C=O) groups is 1. The molecule has 1 N–H and O–H groups in total. The van der Waals surface area contributed by atoms with Crippen molar-refractivity contribution in [3.8, 4) is 5.75 Å². The Morgan fingerprint density at radius 2 is 2.26 bits per heavy atom. The predicted octanol–water partition coefficient (Wildman–Crippen LogP) is 3.87. The Morgan fingerprint density at radius 3 is 2.91 bits per heavy atom. The van der Waals surface area contributed by atoms with Gasteiger partial charge in [-0.2, -0.15) is 0 Å². The van der Waals surface area contributed by atoms with Gasteiger partial charge in [0.05, 0.1) is 12.1 Å². The third-order valence-electron chi connectivity index (χ3n) is 3.38. The number of alkyl halides is 2. The molecule has 2 heterocycles. The number of nitrogens with zero attached hydrogens (tertiary/aromatic N) is 2. The van der Waals surface area contributed by atoms with E-state index in [9.17, 15) is 13.6 Å². The highest BCUT2D eigenvalue weighted by atomic mass is 35.5. The van der Waals surface area contributed by atoms with Crippen LogP contribution >= 0.6 is 22.9 Å². The molecular formula is C14H12ClF2N3O2S. The molecule has 1 aliphatic carbocycles. The average Bonchev–Trinajstić information content (AvgIpc) is 2.90. The summed E-state index contributed by atoms with van der Waals surface area (Å²) in [6.07, 6.45) is 1.14. The first-order valence-corrected chi connectivity index (χ1v) is 8.06. The fourth-order valence-electron chi connectivity index (χ4n) is 2.26. The molecule has 122 valence electrons. The fraction of sp³-hybridized carbons (Fsp3) is 0.357. The fourth-order valence-corrected chi connectivity index (χ4v) is 3.15. The monoisotopic (exact) mass is 359 g/mol. The van der Waals surface area contributed by atoms with Gasteiger partial charge in [0.2, 0.25) is 5.92 Å². The van der Waals surface area contributed by atoms with Crippen molar-refractivity contribution >= 4 is 34.7 Å². The maximum absolute atomic E-state index is 12.8. The molecule has 5 nitrogen and oxygen atoms in total. The minimum atomic E-state index is -2.58. The van der Waals surface area contributed by atoms with E-state index in [1.54, 1.807) is 12.1 Å². The van der Waals surface area contributed by atoms with Crippen molar-refractivity contribution in [2.45, 2.75) is 18.8 Å². The Bertz CT molecular complexity index is 718. The number of ether oxygens (including phenoxy) is 1. The zero-order valence-corrected chi connectivity index (χ0v) is 13.3. The number of halogens is 3. The molecule has 0 spiro atoms. The van der Waals surface area contributed by atoms with E-state index in [1.165, 1.54) is 11.7 Å². The lowest BCUT2D eigenvalue weighted by Crippen LogP contribution is -2.38. The van der Waals surface area contributed by atoms with Gasteiger partial charge in [0.25, 0.3) is 5.91 Å². The van der Waals surface area contributed by atoms with Gasteiger partial charge in [-0.3, -0.25) is 4.79 Å². The number of anilines is 1.